The van der Waals surface area contributed by atoms with Crippen LogP contribution in [0.15, 0.2) is 55.0 Å². The fourth-order valence-corrected chi connectivity index (χ4v) is 4.13. The predicted octanol–water partition coefficient (Wildman–Crippen LogP) is 4.74. The zero-order chi connectivity index (χ0) is 19.7. The Kier molecular flexibility index (Phi) is 4.79. The second-order valence-electron chi connectivity index (χ2n) is 6.64. The van der Waals surface area contributed by atoms with E-state index in [1.54, 1.807) is 19.7 Å². The molecule has 0 saturated carbocycles. The van der Waals surface area contributed by atoms with Crippen LogP contribution >= 0.6 is 18.7 Å². The monoisotopic (exact) mass is 412 g/mol. The van der Waals surface area contributed by atoms with Gasteiger partial charge in [-0.1, -0.05) is 23.7 Å². The summed E-state index contributed by atoms with van der Waals surface area (Å²) >= 11 is 6.28. The van der Waals surface area contributed by atoms with E-state index in [4.69, 9.17) is 11.6 Å². The van der Waals surface area contributed by atoms with Crippen molar-refractivity contribution < 1.29 is 4.57 Å². The van der Waals surface area contributed by atoms with Gasteiger partial charge in [0.2, 0.25) is 5.95 Å². The van der Waals surface area contributed by atoms with E-state index in [0.717, 1.165) is 22.0 Å². The third-order valence-corrected chi connectivity index (χ3v) is 5.98. The quantitative estimate of drug-likeness (QED) is 0.410. The van der Waals surface area contributed by atoms with E-state index in [2.05, 4.69) is 30.6 Å². The van der Waals surface area contributed by atoms with Gasteiger partial charge >= 0.3 is 0 Å². The van der Waals surface area contributed by atoms with Crippen molar-refractivity contribution >= 4 is 58.2 Å². The molecule has 0 aliphatic rings. The molecule has 0 unspecified atom stereocenters. The van der Waals surface area contributed by atoms with E-state index >= 15 is 0 Å². The number of anilines is 4. The molecule has 0 aliphatic carbocycles. The van der Waals surface area contributed by atoms with Crippen molar-refractivity contribution in [2.75, 3.05) is 24.0 Å². The molecule has 3 N–H and O–H groups in total. The number of hydrogen-bond acceptors (Lipinski definition) is 6. The molecule has 0 amide bonds. The van der Waals surface area contributed by atoms with Gasteiger partial charge in [0.15, 0.2) is 5.82 Å². The van der Waals surface area contributed by atoms with Gasteiger partial charge in [0.1, 0.15) is 12.2 Å². The van der Waals surface area contributed by atoms with Crippen LogP contribution in [0.3, 0.4) is 0 Å². The maximum Gasteiger partial charge on any atom is 0.229 e. The molecule has 4 rings (SSSR count). The summed E-state index contributed by atoms with van der Waals surface area (Å²) in [6, 6.07) is 13.2. The molecular formula is C19H18ClN6OP. The van der Waals surface area contributed by atoms with Crippen LogP contribution < -0.4 is 15.9 Å². The van der Waals surface area contributed by atoms with Crippen LogP contribution in [0.5, 0.6) is 0 Å². The maximum absolute atomic E-state index is 12.6. The number of rotatable bonds is 5. The minimum atomic E-state index is -2.47. The molecule has 4 aromatic rings. The number of aromatic nitrogens is 4. The van der Waals surface area contributed by atoms with Crippen molar-refractivity contribution in [1.82, 2.24) is 19.9 Å². The van der Waals surface area contributed by atoms with Crippen molar-refractivity contribution in [1.29, 1.82) is 0 Å². The Labute approximate surface area is 167 Å². The Morgan fingerprint density at radius 2 is 1.89 bits per heavy atom. The SMILES string of the molecule is CP(C)(=O)c1ccccc1Nc1nc(Nc2ccc3nc[nH]c3c2)ncc1Cl. The lowest BCUT2D eigenvalue weighted by Gasteiger charge is -2.15. The summed E-state index contributed by atoms with van der Waals surface area (Å²) in [5.74, 6) is 0.821. The number of nitrogens with one attached hydrogen (secondary N) is 3. The van der Waals surface area contributed by atoms with Crippen LogP contribution in [0.25, 0.3) is 11.0 Å². The lowest BCUT2D eigenvalue weighted by molar-refractivity contribution is 0.588. The van der Waals surface area contributed by atoms with E-state index < -0.39 is 7.14 Å². The molecule has 0 radical (unpaired) electrons. The molecule has 0 fully saturated rings. The number of halogens is 1. The lowest BCUT2D eigenvalue weighted by atomic mass is 10.3. The van der Waals surface area contributed by atoms with Gasteiger partial charge in [0, 0.05) is 11.0 Å². The highest BCUT2D eigenvalue weighted by Crippen LogP contribution is 2.38. The zero-order valence-electron chi connectivity index (χ0n) is 15.3. The molecule has 2 aromatic heterocycles. The number of hydrogen-bond donors (Lipinski definition) is 3. The Morgan fingerprint density at radius 3 is 2.71 bits per heavy atom. The van der Waals surface area contributed by atoms with E-state index in [-0.39, 0.29) is 0 Å². The fraction of sp³-hybridized carbons (Fsp3) is 0.105. The van der Waals surface area contributed by atoms with Gasteiger partial charge in [-0.15, -0.1) is 0 Å². The summed E-state index contributed by atoms with van der Waals surface area (Å²) in [7, 11) is -2.47. The van der Waals surface area contributed by atoms with Crippen molar-refractivity contribution in [3.05, 3.63) is 60.0 Å². The summed E-state index contributed by atoms with van der Waals surface area (Å²) < 4.78 is 12.6. The van der Waals surface area contributed by atoms with Gasteiger partial charge in [0.05, 0.1) is 29.2 Å². The van der Waals surface area contributed by atoms with E-state index in [0.29, 0.717) is 22.5 Å². The number of para-hydroxylation sites is 1. The van der Waals surface area contributed by atoms with Crippen LogP contribution in [-0.2, 0) is 4.57 Å². The fourth-order valence-electron chi connectivity index (χ4n) is 2.83. The average Bonchev–Trinajstić information content (AvgIpc) is 3.12. The average molecular weight is 413 g/mol. The number of H-pyrrole nitrogens is 1. The summed E-state index contributed by atoms with van der Waals surface area (Å²) in [4.78, 5) is 16.0. The second kappa shape index (κ2) is 7.26. The molecule has 2 aromatic carbocycles. The van der Waals surface area contributed by atoms with Crippen LogP contribution in [0.4, 0.5) is 23.1 Å². The smallest absolute Gasteiger partial charge is 0.229 e. The van der Waals surface area contributed by atoms with Gasteiger partial charge in [-0.3, -0.25) is 0 Å². The highest BCUT2D eigenvalue weighted by Gasteiger charge is 2.17. The molecule has 2 heterocycles. The normalized spacial score (nSPS) is 11.5. The highest BCUT2D eigenvalue weighted by atomic mass is 35.5. The molecule has 0 saturated heterocycles. The van der Waals surface area contributed by atoms with Gasteiger partial charge in [-0.2, -0.15) is 4.98 Å². The van der Waals surface area contributed by atoms with Gasteiger partial charge in [-0.05, 0) is 43.7 Å². The van der Waals surface area contributed by atoms with Gasteiger partial charge in [0.25, 0.3) is 0 Å². The van der Waals surface area contributed by atoms with Crippen molar-refractivity contribution in [3.63, 3.8) is 0 Å². The zero-order valence-corrected chi connectivity index (χ0v) is 16.9. The molecule has 142 valence electrons. The van der Waals surface area contributed by atoms with E-state index in [1.807, 2.05) is 42.5 Å². The molecule has 0 spiro atoms. The summed E-state index contributed by atoms with van der Waals surface area (Å²) in [5.41, 5.74) is 3.32. The maximum atomic E-state index is 12.6. The molecule has 0 aliphatic heterocycles. The second-order valence-corrected chi connectivity index (χ2v) is 10.2. The highest BCUT2D eigenvalue weighted by molar-refractivity contribution is 7.70. The number of aromatic amines is 1. The Bertz CT molecular complexity index is 1200. The third kappa shape index (κ3) is 3.86. The summed E-state index contributed by atoms with van der Waals surface area (Å²) in [6.45, 7) is 3.46. The van der Waals surface area contributed by atoms with Crippen molar-refractivity contribution in [3.8, 4) is 0 Å². The molecule has 0 atom stereocenters. The summed E-state index contributed by atoms with van der Waals surface area (Å²) in [6.07, 6.45) is 3.17. The number of imidazole rings is 1. The first kappa shape index (κ1) is 18.5. The van der Waals surface area contributed by atoms with E-state index in [1.165, 1.54) is 6.20 Å². The molecule has 9 heteroatoms. The molecule has 28 heavy (non-hydrogen) atoms. The van der Waals surface area contributed by atoms with Gasteiger partial charge in [-0.25, -0.2) is 9.97 Å². The lowest BCUT2D eigenvalue weighted by Crippen LogP contribution is -2.10. The summed E-state index contributed by atoms with van der Waals surface area (Å²) in [5, 5.41) is 7.45. The first-order chi connectivity index (χ1) is 13.4. The Balaban J connectivity index is 1.64. The minimum Gasteiger partial charge on any atom is -0.345 e. The minimum absolute atomic E-state index is 0.367. The number of benzene rings is 2. The molecule has 0 bridgehead atoms. The molecule has 7 nitrogen and oxygen atoms in total. The largest absolute Gasteiger partial charge is 0.345 e. The van der Waals surface area contributed by atoms with Crippen LogP contribution in [0.2, 0.25) is 5.02 Å². The Morgan fingerprint density at radius 1 is 1.07 bits per heavy atom. The van der Waals surface area contributed by atoms with Crippen molar-refractivity contribution in [2.45, 2.75) is 0 Å². The van der Waals surface area contributed by atoms with Crippen molar-refractivity contribution in [2.24, 2.45) is 0 Å². The topological polar surface area (TPSA) is 95.6 Å². The van der Waals surface area contributed by atoms with Crippen LogP contribution in [-0.4, -0.2) is 33.3 Å². The Hall–Kier alpha value is -2.89. The van der Waals surface area contributed by atoms with Crippen LogP contribution in [0.1, 0.15) is 0 Å². The first-order valence-corrected chi connectivity index (χ1v) is 11.5. The van der Waals surface area contributed by atoms with E-state index in [9.17, 15) is 4.57 Å². The third-order valence-electron chi connectivity index (χ3n) is 4.16. The first-order valence-electron chi connectivity index (χ1n) is 8.54. The molecular weight excluding hydrogens is 395 g/mol. The number of nitrogens with zero attached hydrogens (tertiary/aromatic N) is 3. The number of fused-ring (bicyclic) bond motifs is 1. The van der Waals surface area contributed by atoms with Gasteiger partial charge < -0.3 is 20.2 Å². The van der Waals surface area contributed by atoms with Crippen LogP contribution in [0, 0.1) is 0 Å². The standard InChI is InChI=1S/C19H18ClN6OP/c1-28(2,27)17-6-4-3-5-15(17)25-18-13(20)10-21-19(26-18)24-12-7-8-14-16(9-12)23-11-22-14/h3-11H,1-2H3,(H,22,23)(H2,21,24,25,26). The predicted molar refractivity (Wildman–Crippen MR) is 115 cm³/mol.